The molecule has 1 atom stereocenters. The third-order valence-corrected chi connectivity index (χ3v) is 5.02. The van der Waals surface area contributed by atoms with Crippen molar-refractivity contribution in [2.24, 2.45) is 5.92 Å². The van der Waals surface area contributed by atoms with Gasteiger partial charge in [0.05, 0.1) is 18.6 Å². The van der Waals surface area contributed by atoms with Crippen molar-refractivity contribution < 1.29 is 9.53 Å². The first-order valence-corrected chi connectivity index (χ1v) is 8.82. The lowest BCUT2D eigenvalue weighted by molar-refractivity contribution is -0.152. The summed E-state index contributed by atoms with van der Waals surface area (Å²) in [6.07, 6.45) is 2.37. The molecule has 1 amide bonds. The molecule has 2 fully saturated rings. The predicted octanol–water partition coefficient (Wildman–Crippen LogP) is 2.53. The van der Waals surface area contributed by atoms with E-state index in [1.54, 1.807) is 0 Å². The average Bonchev–Trinajstić information content (AvgIpc) is 2.54. The predicted molar refractivity (Wildman–Crippen MR) is 91.0 cm³/mol. The van der Waals surface area contributed by atoms with Gasteiger partial charge in [-0.3, -0.25) is 4.79 Å². The summed E-state index contributed by atoms with van der Waals surface area (Å²) in [6, 6.07) is 10.7. The van der Waals surface area contributed by atoms with E-state index < -0.39 is 0 Å². The van der Waals surface area contributed by atoms with Gasteiger partial charge in [0.2, 0.25) is 5.91 Å². The molecule has 1 aromatic carbocycles. The molecule has 0 N–H and O–H groups in total. The highest BCUT2D eigenvalue weighted by molar-refractivity contribution is 5.80. The molecule has 0 bridgehead atoms. The number of ether oxygens (including phenoxy) is 1. The van der Waals surface area contributed by atoms with Crippen LogP contribution in [0, 0.1) is 5.92 Å². The van der Waals surface area contributed by atoms with Gasteiger partial charge in [-0.05, 0) is 38.8 Å². The molecular formula is C19H28N2O2. The van der Waals surface area contributed by atoms with Crippen LogP contribution in [0.5, 0.6) is 0 Å². The Morgan fingerprint density at radius 1 is 1.22 bits per heavy atom. The lowest BCUT2D eigenvalue weighted by Crippen LogP contribution is -2.58. The Hall–Kier alpha value is -1.39. The Balaban J connectivity index is 1.41. The van der Waals surface area contributed by atoms with E-state index in [4.69, 9.17) is 4.74 Å². The maximum Gasteiger partial charge on any atom is 0.227 e. The minimum atomic E-state index is 0.182. The minimum absolute atomic E-state index is 0.182. The van der Waals surface area contributed by atoms with Crippen molar-refractivity contribution in [1.82, 2.24) is 9.80 Å². The van der Waals surface area contributed by atoms with E-state index in [-0.39, 0.29) is 12.0 Å². The summed E-state index contributed by atoms with van der Waals surface area (Å²) in [5, 5.41) is 0. The van der Waals surface area contributed by atoms with Crippen molar-refractivity contribution in [3.05, 3.63) is 35.9 Å². The van der Waals surface area contributed by atoms with Crippen LogP contribution in [0.15, 0.2) is 30.3 Å². The third kappa shape index (κ3) is 4.12. The average molecular weight is 316 g/mol. The van der Waals surface area contributed by atoms with Gasteiger partial charge in [0.1, 0.15) is 0 Å². The molecule has 2 aliphatic rings. The molecule has 0 spiro atoms. The summed E-state index contributed by atoms with van der Waals surface area (Å²) >= 11 is 0. The van der Waals surface area contributed by atoms with Gasteiger partial charge in [-0.2, -0.15) is 0 Å². The first kappa shape index (κ1) is 16.5. The van der Waals surface area contributed by atoms with Gasteiger partial charge in [-0.15, -0.1) is 0 Å². The fourth-order valence-electron chi connectivity index (χ4n) is 3.45. The maximum absolute atomic E-state index is 12.6. The zero-order chi connectivity index (χ0) is 16.2. The Morgan fingerprint density at radius 2 is 1.96 bits per heavy atom. The van der Waals surface area contributed by atoms with E-state index in [0.717, 1.165) is 39.0 Å². The first-order chi connectivity index (χ1) is 11.1. The SMILES string of the molecule is CC(C)N1CCC[C@H](C(=O)N2CC(OCc3ccccc3)C2)C1. The van der Waals surface area contributed by atoms with E-state index in [0.29, 0.717) is 18.6 Å². The molecule has 0 aliphatic carbocycles. The number of hydrogen-bond donors (Lipinski definition) is 0. The Labute approximate surface area is 139 Å². The van der Waals surface area contributed by atoms with Crippen molar-refractivity contribution in [2.75, 3.05) is 26.2 Å². The molecule has 0 saturated carbocycles. The molecule has 126 valence electrons. The van der Waals surface area contributed by atoms with E-state index in [1.165, 1.54) is 5.56 Å². The number of carbonyl (C=O) groups is 1. The molecule has 0 aromatic heterocycles. The largest absolute Gasteiger partial charge is 0.370 e. The maximum atomic E-state index is 12.6. The number of carbonyl (C=O) groups excluding carboxylic acids is 1. The lowest BCUT2D eigenvalue weighted by Gasteiger charge is -2.43. The molecule has 4 nitrogen and oxygen atoms in total. The van der Waals surface area contributed by atoms with Gasteiger partial charge < -0.3 is 14.5 Å². The number of nitrogens with zero attached hydrogens (tertiary/aromatic N) is 2. The molecular weight excluding hydrogens is 288 g/mol. The second-order valence-electron chi connectivity index (χ2n) is 7.09. The second kappa shape index (κ2) is 7.45. The van der Waals surface area contributed by atoms with E-state index in [9.17, 15) is 4.79 Å². The van der Waals surface area contributed by atoms with Crippen LogP contribution in [0.1, 0.15) is 32.3 Å². The molecule has 23 heavy (non-hydrogen) atoms. The monoisotopic (exact) mass is 316 g/mol. The molecule has 0 radical (unpaired) electrons. The van der Waals surface area contributed by atoms with E-state index in [1.807, 2.05) is 23.1 Å². The highest BCUT2D eigenvalue weighted by Crippen LogP contribution is 2.24. The number of benzene rings is 1. The van der Waals surface area contributed by atoms with Crippen LogP contribution in [0.3, 0.4) is 0 Å². The Kier molecular flexibility index (Phi) is 5.34. The van der Waals surface area contributed by atoms with Crippen LogP contribution in [0.25, 0.3) is 0 Å². The zero-order valence-corrected chi connectivity index (χ0v) is 14.3. The van der Waals surface area contributed by atoms with Gasteiger partial charge in [0.15, 0.2) is 0 Å². The fourth-order valence-corrected chi connectivity index (χ4v) is 3.45. The van der Waals surface area contributed by atoms with Gasteiger partial charge in [0.25, 0.3) is 0 Å². The molecule has 3 rings (SSSR count). The van der Waals surface area contributed by atoms with Crippen LogP contribution >= 0.6 is 0 Å². The quantitative estimate of drug-likeness (QED) is 0.837. The Bertz CT molecular complexity index is 511. The summed E-state index contributed by atoms with van der Waals surface area (Å²) in [5.74, 6) is 0.510. The number of amides is 1. The molecule has 0 unspecified atom stereocenters. The third-order valence-electron chi connectivity index (χ3n) is 5.02. The standard InChI is InChI=1S/C19H28N2O2/c1-15(2)20-10-6-9-17(11-20)19(22)21-12-18(13-21)23-14-16-7-4-3-5-8-16/h3-5,7-8,15,17-18H,6,9-14H2,1-2H3/t17-/m0/s1. The van der Waals surface area contributed by atoms with Crippen molar-refractivity contribution in [3.8, 4) is 0 Å². The Morgan fingerprint density at radius 3 is 2.65 bits per heavy atom. The summed E-state index contributed by atoms with van der Waals surface area (Å²) in [4.78, 5) is 17.0. The molecule has 2 aliphatic heterocycles. The summed E-state index contributed by atoms with van der Waals surface area (Å²) in [7, 11) is 0. The minimum Gasteiger partial charge on any atom is -0.370 e. The first-order valence-electron chi connectivity index (χ1n) is 8.82. The number of rotatable bonds is 5. The molecule has 2 saturated heterocycles. The van der Waals surface area contributed by atoms with Gasteiger partial charge >= 0.3 is 0 Å². The van der Waals surface area contributed by atoms with Crippen LogP contribution in [-0.2, 0) is 16.1 Å². The topological polar surface area (TPSA) is 32.8 Å². The second-order valence-corrected chi connectivity index (χ2v) is 7.09. The van der Waals surface area contributed by atoms with Crippen molar-refractivity contribution in [2.45, 2.75) is 45.4 Å². The fraction of sp³-hybridized carbons (Fsp3) is 0.632. The van der Waals surface area contributed by atoms with E-state index >= 15 is 0 Å². The normalized spacial score (nSPS) is 23.1. The number of hydrogen-bond acceptors (Lipinski definition) is 3. The number of piperidine rings is 1. The molecule has 4 heteroatoms. The highest BCUT2D eigenvalue weighted by atomic mass is 16.5. The van der Waals surface area contributed by atoms with Crippen LogP contribution in [0.4, 0.5) is 0 Å². The summed E-state index contributed by atoms with van der Waals surface area (Å²) in [5.41, 5.74) is 1.19. The smallest absolute Gasteiger partial charge is 0.227 e. The number of likely N-dealkylation sites (tertiary alicyclic amines) is 2. The molecule has 2 heterocycles. The van der Waals surface area contributed by atoms with Crippen molar-refractivity contribution in [1.29, 1.82) is 0 Å². The van der Waals surface area contributed by atoms with Crippen LogP contribution < -0.4 is 0 Å². The van der Waals surface area contributed by atoms with Crippen molar-refractivity contribution >= 4 is 5.91 Å². The van der Waals surface area contributed by atoms with Gasteiger partial charge in [-0.1, -0.05) is 30.3 Å². The van der Waals surface area contributed by atoms with Gasteiger partial charge in [-0.25, -0.2) is 0 Å². The summed E-state index contributed by atoms with van der Waals surface area (Å²) in [6.45, 7) is 8.62. The highest BCUT2D eigenvalue weighted by Gasteiger charge is 2.36. The lowest BCUT2D eigenvalue weighted by atomic mass is 9.94. The van der Waals surface area contributed by atoms with Crippen LogP contribution in [-0.4, -0.2) is 54.0 Å². The zero-order valence-electron chi connectivity index (χ0n) is 14.3. The summed E-state index contributed by atoms with van der Waals surface area (Å²) < 4.78 is 5.89. The molecule has 1 aromatic rings. The van der Waals surface area contributed by atoms with Gasteiger partial charge in [0, 0.05) is 25.7 Å². The van der Waals surface area contributed by atoms with Crippen molar-refractivity contribution in [3.63, 3.8) is 0 Å². The van der Waals surface area contributed by atoms with Crippen LogP contribution in [0.2, 0.25) is 0 Å². The van der Waals surface area contributed by atoms with E-state index in [2.05, 4.69) is 30.9 Å².